The van der Waals surface area contributed by atoms with Gasteiger partial charge in [0.05, 0.1) is 15.5 Å². The van der Waals surface area contributed by atoms with Gasteiger partial charge in [-0.15, -0.1) is 5.10 Å². The molecule has 0 radical (unpaired) electrons. The molecule has 0 fully saturated rings. The van der Waals surface area contributed by atoms with Gasteiger partial charge in [-0.2, -0.15) is 0 Å². The van der Waals surface area contributed by atoms with Gasteiger partial charge in [0.1, 0.15) is 6.33 Å². The molecule has 0 saturated heterocycles. The topological polar surface area (TPSA) is 133 Å². The maximum Gasteiger partial charge on any atom is 0.269 e. The van der Waals surface area contributed by atoms with Crippen LogP contribution < -0.4 is 4.72 Å². The molecular weight excluding hydrogens is 336 g/mol. The molecule has 0 aliphatic heterocycles. The summed E-state index contributed by atoms with van der Waals surface area (Å²) in [5.41, 5.74) is 0.822. The highest BCUT2D eigenvalue weighted by Crippen LogP contribution is 2.20. The van der Waals surface area contributed by atoms with Crippen LogP contribution in [0.2, 0.25) is 0 Å². The first-order valence-electron chi connectivity index (χ1n) is 6.56. The summed E-state index contributed by atoms with van der Waals surface area (Å²) in [6, 6.07) is 11.0. The highest BCUT2D eigenvalue weighted by atomic mass is 32.2. The lowest BCUT2D eigenvalue weighted by Crippen LogP contribution is -2.13. The second-order valence-electron chi connectivity index (χ2n) is 4.66. The predicted octanol–water partition coefficient (Wildman–Crippen LogP) is 1.37. The Morgan fingerprint density at radius 1 is 1.04 bits per heavy atom. The van der Waals surface area contributed by atoms with Crippen LogP contribution in [-0.4, -0.2) is 33.5 Å². The minimum absolute atomic E-state index is 0.0716. The molecule has 0 amide bonds. The maximum atomic E-state index is 12.3. The van der Waals surface area contributed by atoms with E-state index in [1.807, 2.05) is 0 Å². The summed E-state index contributed by atoms with van der Waals surface area (Å²) in [6.45, 7) is 0. The third-order valence-corrected chi connectivity index (χ3v) is 4.49. The van der Waals surface area contributed by atoms with E-state index >= 15 is 0 Å². The monoisotopic (exact) mass is 346 g/mol. The Morgan fingerprint density at radius 3 is 2.25 bits per heavy atom. The van der Waals surface area contributed by atoms with E-state index in [9.17, 15) is 18.5 Å². The van der Waals surface area contributed by atoms with Crippen LogP contribution in [0.5, 0.6) is 0 Å². The van der Waals surface area contributed by atoms with E-state index in [4.69, 9.17) is 0 Å². The van der Waals surface area contributed by atoms with E-state index in [2.05, 4.69) is 20.2 Å². The van der Waals surface area contributed by atoms with Gasteiger partial charge in [0.15, 0.2) is 0 Å². The van der Waals surface area contributed by atoms with Crippen LogP contribution in [0.1, 0.15) is 0 Å². The fourth-order valence-electron chi connectivity index (χ4n) is 1.92. The maximum absolute atomic E-state index is 12.3. The van der Waals surface area contributed by atoms with Crippen molar-refractivity contribution < 1.29 is 13.3 Å². The molecule has 0 unspecified atom stereocenters. The smallest absolute Gasteiger partial charge is 0.269 e. The summed E-state index contributed by atoms with van der Waals surface area (Å²) < 4.78 is 28.4. The molecule has 0 spiro atoms. The first kappa shape index (κ1) is 15.6. The minimum Gasteiger partial charge on any atom is -0.280 e. The van der Waals surface area contributed by atoms with E-state index in [-0.39, 0.29) is 10.6 Å². The zero-order valence-corrected chi connectivity index (χ0v) is 12.8. The molecule has 2 aromatic carbocycles. The number of nitrogens with one attached hydrogen (secondary N) is 1. The van der Waals surface area contributed by atoms with Crippen LogP contribution in [0, 0.1) is 10.1 Å². The number of rotatable bonds is 5. The third-order valence-electron chi connectivity index (χ3n) is 3.09. The van der Waals surface area contributed by atoms with Gasteiger partial charge in [-0.25, -0.2) is 13.1 Å². The number of nitrogens with zero attached hydrogens (tertiary/aromatic N) is 5. The van der Waals surface area contributed by atoms with Crippen molar-refractivity contribution in [3.8, 4) is 5.69 Å². The van der Waals surface area contributed by atoms with E-state index in [1.165, 1.54) is 23.1 Å². The zero-order valence-electron chi connectivity index (χ0n) is 12.0. The van der Waals surface area contributed by atoms with Crippen LogP contribution in [0.3, 0.4) is 0 Å². The molecule has 1 N–H and O–H groups in total. The van der Waals surface area contributed by atoms with E-state index in [0.717, 1.165) is 12.1 Å². The van der Waals surface area contributed by atoms with Gasteiger partial charge in [-0.05, 0) is 46.8 Å². The van der Waals surface area contributed by atoms with Gasteiger partial charge < -0.3 is 0 Å². The number of nitro groups is 1. The zero-order chi connectivity index (χ0) is 17.2. The van der Waals surface area contributed by atoms with Crippen molar-refractivity contribution in [2.45, 2.75) is 4.90 Å². The number of hydrogen-bond acceptors (Lipinski definition) is 7. The molecule has 10 nitrogen and oxygen atoms in total. The summed E-state index contributed by atoms with van der Waals surface area (Å²) in [4.78, 5) is 9.94. The third kappa shape index (κ3) is 3.20. The number of hydrogen-bond donors (Lipinski definition) is 1. The van der Waals surface area contributed by atoms with Crippen molar-refractivity contribution in [3.05, 3.63) is 65.0 Å². The summed E-state index contributed by atoms with van der Waals surface area (Å²) in [5.74, 6) is 0. The fraction of sp³-hybridized carbons (Fsp3) is 0. The standard InChI is InChI=1S/C13H10N6O4S/c20-19(21)12-5-7-13(8-6-12)24(22,23)15-10-1-3-11(4-2-10)18-9-14-16-17-18/h1-9,15H. The predicted molar refractivity (Wildman–Crippen MR) is 83.1 cm³/mol. The number of non-ortho nitro benzene ring substituents is 1. The summed E-state index contributed by atoms with van der Waals surface area (Å²) >= 11 is 0. The SMILES string of the molecule is O=[N+]([O-])c1ccc(S(=O)(=O)Nc2ccc(-n3cnnn3)cc2)cc1. The largest absolute Gasteiger partial charge is 0.280 e. The summed E-state index contributed by atoms with van der Waals surface area (Å²) in [7, 11) is -3.84. The van der Waals surface area contributed by atoms with Crippen LogP contribution in [0.4, 0.5) is 11.4 Å². The number of benzene rings is 2. The number of anilines is 1. The molecule has 122 valence electrons. The normalized spacial score (nSPS) is 11.2. The molecule has 0 saturated carbocycles. The number of nitro benzene ring substituents is 1. The van der Waals surface area contributed by atoms with Crippen molar-refractivity contribution in [3.63, 3.8) is 0 Å². The molecule has 0 aliphatic rings. The molecule has 3 aromatic rings. The van der Waals surface area contributed by atoms with E-state index in [1.54, 1.807) is 24.3 Å². The first-order chi connectivity index (χ1) is 11.5. The average Bonchev–Trinajstić information content (AvgIpc) is 3.10. The van der Waals surface area contributed by atoms with E-state index < -0.39 is 14.9 Å². The van der Waals surface area contributed by atoms with Crippen molar-refractivity contribution in [1.82, 2.24) is 20.2 Å². The van der Waals surface area contributed by atoms with Crippen LogP contribution >= 0.6 is 0 Å². The van der Waals surface area contributed by atoms with Gasteiger partial charge in [0.2, 0.25) is 0 Å². The number of tetrazole rings is 1. The summed E-state index contributed by atoms with van der Waals surface area (Å²) in [5, 5.41) is 21.4. The molecule has 0 bridgehead atoms. The van der Waals surface area contributed by atoms with Gasteiger partial charge in [-0.1, -0.05) is 0 Å². The van der Waals surface area contributed by atoms with Crippen molar-refractivity contribution in [1.29, 1.82) is 0 Å². The van der Waals surface area contributed by atoms with Crippen LogP contribution in [0.25, 0.3) is 5.69 Å². The van der Waals surface area contributed by atoms with Crippen LogP contribution in [-0.2, 0) is 10.0 Å². The van der Waals surface area contributed by atoms with E-state index in [0.29, 0.717) is 11.4 Å². The van der Waals surface area contributed by atoms with Gasteiger partial charge in [0, 0.05) is 17.8 Å². The molecular formula is C13H10N6O4S. The Hall–Kier alpha value is -3.34. The molecule has 1 heterocycles. The Morgan fingerprint density at radius 2 is 1.71 bits per heavy atom. The van der Waals surface area contributed by atoms with Crippen molar-refractivity contribution in [2.75, 3.05) is 4.72 Å². The second kappa shape index (κ2) is 6.04. The Labute approximate surface area is 135 Å². The Balaban J connectivity index is 1.80. The Kier molecular flexibility index (Phi) is 3.92. The summed E-state index contributed by atoms with van der Waals surface area (Å²) in [6.07, 6.45) is 1.41. The average molecular weight is 346 g/mol. The fourth-order valence-corrected chi connectivity index (χ4v) is 2.98. The van der Waals surface area contributed by atoms with Gasteiger partial charge in [0.25, 0.3) is 15.7 Å². The van der Waals surface area contributed by atoms with Crippen LogP contribution in [0.15, 0.2) is 59.8 Å². The first-order valence-corrected chi connectivity index (χ1v) is 8.05. The lowest BCUT2D eigenvalue weighted by Gasteiger charge is -2.08. The molecule has 1 aromatic heterocycles. The molecule has 24 heavy (non-hydrogen) atoms. The number of sulfonamides is 1. The molecule has 11 heteroatoms. The lowest BCUT2D eigenvalue weighted by molar-refractivity contribution is -0.384. The molecule has 0 aliphatic carbocycles. The number of aromatic nitrogens is 4. The molecule has 0 atom stereocenters. The van der Waals surface area contributed by atoms with Gasteiger partial charge in [-0.3, -0.25) is 14.8 Å². The van der Waals surface area contributed by atoms with Crippen molar-refractivity contribution in [2.24, 2.45) is 0 Å². The van der Waals surface area contributed by atoms with Gasteiger partial charge >= 0.3 is 0 Å². The highest BCUT2D eigenvalue weighted by molar-refractivity contribution is 7.92. The quantitative estimate of drug-likeness (QED) is 0.545. The lowest BCUT2D eigenvalue weighted by atomic mass is 10.3. The minimum atomic E-state index is -3.84. The molecule has 3 rings (SSSR count). The highest BCUT2D eigenvalue weighted by Gasteiger charge is 2.16. The van der Waals surface area contributed by atoms with Crippen molar-refractivity contribution >= 4 is 21.4 Å². The second-order valence-corrected chi connectivity index (χ2v) is 6.34. The Bertz CT molecular complexity index is 953.